The van der Waals surface area contributed by atoms with Gasteiger partial charge in [-0.2, -0.15) is 0 Å². The zero-order valence-electron chi connectivity index (χ0n) is 10.9. The van der Waals surface area contributed by atoms with Gasteiger partial charge < -0.3 is 15.0 Å². The van der Waals surface area contributed by atoms with Crippen LogP contribution in [0.4, 0.5) is 0 Å². The molecule has 1 saturated carbocycles. The number of carboxylic acid groups (broad SMARTS) is 1. The van der Waals surface area contributed by atoms with Gasteiger partial charge in [-0.05, 0) is 32.1 Å². The molecule has 1 aliphatic carbocycles. The Morgan fingerprint density at radius 2 is 1.94 bits per heavy atom. The van der Waals surface area contributed by atoms with Gasteiger partial charge in [0, 0.05) is 5.97 Å². The van der Waals surface area contributed by atoms with E-state index in [0.717, 1.165) is 13.3 Å². The van der Waals surface area contributed by atoms with Crippen LogP contribution in [0.1, 0.15) is 58.8 Å². The number of hydrogen-bond donors (Lipinski definition) is 1. The molecule has 0 bridgehead atoms. The van der Waals surface area contributed by atoms with Gasteiger partial charge in [-0.3, -0.25) is 0 Å². The minimum absolute atomic E-state index is 0. The maximum atomic E-state index is 9.49. The summed E-state index contributed by atoms with van der Waals surface area (Å²) in [5.41, 5.74) is 0. The topological polar surface area (TPSA) is 60.4 Å². The van der Waals surface area contributed by atoms with E-state index in [9.17, 15) is 5.11 Å². The summed E-state index contributed by atoms with van der Waals surface area (Å²) in [6.45, 7) is 3.20. The molecule has 1 fully saturated rings. The number of aliphatic hydroxyl groups is 1. The van der Waals surface area contributed by atoms with Crippen molar-refractivity contribution >= 4 is 5.97 Å². The second-order valence-electron chi connectivity index (χ2n) is 4.25. The van der Waals surface area contributed by atoms with E-state index in [0.29, 0.717) is 5.92 Å². The van der Waals surface area contributed by atoms with Crippen molar-refractivity contribution < 1.29 is 44.6 Å². The summed E-state index contributed by atoms with van der Waals surface area (Å²) in [5.74, 6) is -0.443. The zero-order chi connectivity index (χ0) is 11.7. The van der Waals surface area contributed by atoms with Crippen LogP contribution in [0.5, 0.6) is 0 Å². The number of hydrogen-bond acceptors (Lipinski definition) is 3. The van der Waals surface area contributed by atoms with E-state index >= 15 is 0 Å². The smallest absolute Gasteiger partial charge is 0.550 e. The van der Waals surface area contributed by atoms with E-state index in [2.05, 4.69) is 6.92 Å². The molecule has 1 N–H and O–H groups in total. The van der Waals surface area contributed by atoms with Crippen molar-refractivity contribution in [1.82, 2.24) is 0 Å². The van der Waals surface area contributed by atoms with Crippen LogP contribution >= 0.6 is 0 Å². The van der Waals surface area contributed by atoms with E-state index < -0.39 is 5.97 Å². The molecule has 0 amide bonds. The molecule has 1 rings (SSSR count). The molecule has 2 unspecified atom stereocenters. The molecule has 0 spiro atoms. The molecule has 3 nitrogen and oxygen atoms in total. The number of rotatable bonds is 4. The minimum atomic E-state index is -1.08. The van der Waals surface area contributed by atoms with E-state index in [1.165, 1.54) is 38.5 Å². The fourth-order valence-corrected chi connectivity index (χ4v) is 2.01. The number of carbonyl (C=O) groups excluding carboxylic acids is 1. The first kappa shape index (κ1) is 18.8. The van der Waals surface area contributed by atoms with Crippen LogP contribution < -0.4 is 34.7 Å². The van der Waals surface area contributed by atoms with Crippen LogP contribution in [0.2, 0.25) is 0 Å². The second-order valence-corrected chi connectivity index (χ2v) is 4.25. The summed E-state index contributed by atoms with van der Waals surface area (Å²) < 4.78 is 0. The molecule has 0 radical (unpaired) electrons. The van der Waals surface area contributed by atoms with Crippen LogP contribution in [0.3, 0.4) is 0 Å². The molecule has 16 heavy (non-hydrogen) atoms. The third-order valence-electron chi connectivity index (χ3n) is 2.80. The molecule has 0 aromatic rings. The van der Waals surface area contributed by atoms with E-state index in [1.807, 2.05) is 0 Å². The average molecular weight is 238 g/mol. The van der Waals surface area contributed by atoms with E-state index in [-0.39, 0.29) is 35.7 Å². The molecule has 90 valence electrons. The molecule has 0 aliphatic heterocycles. The van der Waals surface area contributed by atoms with Gasteiger partial charge in [0.2, 0.25) is 0 Å². The molecule has 0 aromatic heterocycles. The summed E-state index contributed by atoms with van der Waals surface area (Å²) in [5, 5.41) is 18.4. The summed E-state index contributed by atoms with van der Waals surface area (Å²) >= 11 is 0. The number of carbonyl (C=O) groups is 1. The van der Waals surface area contributed by atoms with Crippen molar-refractivity contribution in [3.63, 3.8) is 0 Å². The van der Waals surface area contributed by atoms with Crippen molar-refractivity contribution in [3.8, 4) is 0 Å². The predicted molar refractivity (Wildman–Crippen MR) is 58.2 cm³/mol. The van der Waals surface area contributed by atoms with Crippen LogP contribution in [0, 0.1) is 5.92 Å². The molecule has 0 heterocycles. The Morgan fingerprint density at radius 3 is 2.31 bits per heavy atom. The maximum Gasteiger partial charge on any atom is 1.00 e. The molecule has 1 aliphatic rings. The first-order valence-electron chi connectivity index (χ1n) is 5.93. The Morgan fingerprint density at radius 1 is 1.38 bits per heavy atom. The SMILES string of the molecule is CC(=O)[O-].CCCCCC1CCCC1O.[Na+]. The van der Waals surface area contributed by atoms with Crippen molar-refractivity contribution in [2.24, 2.45) is 5.92 Å². The normalized spacial score (nSPS) is 22.9. The third-order valence-corrected chi connectivity index (χ3v) is 2.80. The minimum Gasteiger partial charge on any atom is -0.550 e. The van der Waals surface area contributed by atoms with Gasteiger partial charge >= 0.3 is 29.6 Å². The fourth-order valence-electron chi connectivity index (χ4n) is 2.01. The quantitative estimate of drug-likeness (QED) is 0.478. The molecule has 0 aromatic carbocycles. The molecule has 2 atom stereocenters. The Hall–Kier alpha value is 0.430. The maximum absolute atomic E-state index is 9.49. The Balaban J connectivity index is 0. The van der Waals surface area contributed by atoms with Gasteiger partial charge in [-0.25, -0.2) is 0 Å². The number of aliphatic hydroxyl groups excluding tert-OH is 1. The van der Waals surface area contributed by atoms with Gasteiger partial charge in [-0.15, -0.1) is 0 Å². The van der Waals surface area contributed by atoms with Gasteiger partial charge in [-0.1, -0.05) is 32.6 Å². The van der Waals surface area contributed by atoms with Crippen LogP contribution in [0.25, 0.3) is 0 Å². The second kappa shape index (κ2) is 11.9. The van der Waals surface area contributed by atoms with Crippen LogP contribution in [-0.2, 0) is 4.79 Å². The average Bonchev–Trinajstić information content (AvgIpc) is 2.51. The van der Waals surface area contributed by atoms with Gasteiger partial charge in [0.05, 0.1) is 6.10 Å². The van der Waals surface area contributed by atoms with Crippen LogP contribution in [0.15, 0.2) is 0 Å². The van der Waals surface area contributed by atoms with Crippen molar-refractivity contribution in [2.45, 2.75) is 64.9 Å². The van der Waals surface area contributed by atoms with Crippen molar-refractivity contribution in [2.75, 3.05) is 0 Å². The zero-order valence-corrected chi connectivity index (χ0v) is 12.9. The monoisotopic (exact) mass is 238 g/mol. The fraction of sp³-hybridized carbons (Fsp3) is 0.917. The standard InChI is InChI=1S/C10H20O.C2H4O2.Na/c1-2-3-4-6-9-7-5-8-10(9)11;1-2(3)4;/h9-11H,2-8H2,1H3;1H3,(H,3,4);/q;;+1/p-1. The first-order chi connectivity index (χ1) is 7.07. The number of unbranched alkanes of at least 4 members (excludes halogenated alkanes) is 2. The van der Waals surface area contributed by atoms with Crippen molar-refractivity contribution in [3.05, 3.63) is 0 Å². The number of aliphatic carboxylic acids is 1. The largest absolute Gasteiger partial charge is 1.00 e. The summed E-state index contributed by atoms with van der Waals surface area (Å²) in [4.78, 5) is 8.89. The van der Waals surface area contributed by atoms with Gasteiger partial charge in [0.1, 0.15) is 0 Å². The molecule has 0 saturated heterocycles. The Kier molecular flexibility index (Phi) is 14.0. The Labute approximate surface area is 121 Å². The van der Waals surface area contributed by atoms with Gasteiger partial charge in [0.25, 0.3) is 0 Å². The summed E-state index contributed by atoms with van der Waals surface area (Å²) in [7, 11) is 0. The van der Waals surface area contributed by atoms with Crippen LogP contribution in [-0.4, -0.2) is 17.2 Å². The van der Waals surface area contributed by atoms with Gasteiger partial charge in [0.15, 0.2) is 0 Å². The summed E-state index contributed by atoms with van der Waals surface area (Å²) in [6, 6.07) is 0. The van der Waals surface area contributed by atoms with Crippen molar-refractivity contribution in [1.29, 1.82) is 0 Å². The third kappa shape index (κ3) is 10.9. The van der Waals surface area contributed by atoms with E-state index in [1.54, 1.807) is 0 Å². The predicted octanol–water partition coefficient (Wildman–Crippen LogP) is -1.51. The Bertz CT molecular complexity index is 170. The molecule has 4 heteroatoms. The number of carboxylic acids is 1. The first-order valence-corrected chi connectivity index (χ1v) is 5.93. The van der Waals surface area contributed by atoms with E-state index in [4.69, 9.17) is 9.90 Å². The molecular formula is C12H23NaO3. The summed E-state index contributed by atoms with van der Waals surface area (Å²) in [6.07, 6.45) is 8.81. The molecular weight excluding hydrogens is 215 g/mol.